The van der Waals surface area contributed by atoms with Gasteiger partial charge in [-0.15, -0.1) is 0 Å². The number of quaternary nitrogens is 1. The molecule has 0 saturated carbocycles. The van der Waals surface area contributed by atoms with Crippen molar-refractivity contribution in [1.82, 2.24) is 5.32 Å². The Morgan fingerprint density at radius 2 is 0.877 bits per heavy atom. The zero-order valence-electron chi connectivity index (χ0n) is 48.4. The second-order valence-corrected chi connectivity index (χ2v) is 23.0. The molecule has 10 heteroatoms. The van der Waals surface area contributed by atoms with E-state index in [1.54, 1.807) is 0 Å². The van der Waals surface area contributed by atoms with Crippen molar-refractivity contribution >= 4 is 19.7 Å². The zero-order chi connectivity index (χ0) is 53.6. The van der Waals surface area contributed by atoms with Crippen LogP contribution >= 0.6 is 7.82 Å². The number of likely N-dealkylation sites (N-methyl/N-ethyl adjacent to an activating group) is 1. The summed E-state index contributed by atoms with van der Waals surface area (Å²) >= 11 is 0. The third kappa shape index (κ3) is 54.1. The zero-order valence-corrected chi connectivity index (χ0v) is 49.3. The Bertz CT molecular complexity index is 1480. The van der Waals surface area contributed by atoms with Crippen LogP contribution in [-0.2, 0) is 27.9 Å². The third-order valence-electron chi connectivity index (χ3n) is 13.1. The normalized spacial score (nSPS) is 14.2. The number of phosphoric ester groups is 1. The van der Waals surface area contributed by atoms with Gasteiger partial charge in [-0.3, -0.25) is 18.6 Å². The maximum atomic E-state index is 13.5. The average Bonchev–Trinajstić information content (AvgIpc) is 3.35. The van der Waals surface area contributed by atoms with Crippen LogP contribution in [0.25, 0.3) is 0 Å². The molecule has 1 amide bonds. The maximum absolute atomic E-state index is 13.5. The SMILES string of the molecule is CCCCC/C=C\C/C=C\C/C=C\CCCCCCCCC(=O)OC(/C=C/CCCCCCCCCCCC)C(COP(=O)(O)OCC[N+](C)(C)C)NC(=O)CCCCC/C=C/C=C/CCCCCCCCC. The van der Waals surface area contributed by atoms with Crippen molar-refractivity contribution < 1.29 is 37.3 Å². The van der Waals surface area contributed by atoms with Crippen molar-refractivity contribution in [3.8, 4) is 0 Å². The highest BCUT2D eigenvalue weighted by Gasteiger charge is 2.30. The predicted octanol–water partition coefficient (Wildman–Crippen LogP) is 18.4. The highest BCUT2D eigenvalue weighted by atomic mass is 31.2. The first-order valence-electron chi connectivity index (χ1n) is 30.3. The van der Waals surface area contributed by atoms with Crippen LogP contribution in [0, 0.1) is 0 Å². The van der Waals surface area contributed by atoms with E-state index < -0.39 is 20.0 Å². The number of ether oxygens (including phenoxy) is 1. The fourth-order valence-corrected chi connectivity index (χ4v) is 9.14. The lowest BCUT2D eigenvalue weighted by Crippen LogP contribution is -2.47. The monoisotopic (exact) mass is 1040 g/mol. The molecule has 0 rings (SSSR count). The van der Waals surface area contributed by atoms with Crippen molar-refractivity contribution in [2.75, 3.05) is 40.9 Å². The standard InChI is InChI=1S/C63H115N2O7P/c1-7-10-13-16-19-22-25-28-30-32-33-34-36-38-41-44-47-50-53-56-63(67)72-61(54-51-48-45-42-39-27-24-21-18-15-12-9-3)60(59-71-73(68,69)70-58-57-65(4,5)6)64-62(66)55-52-49-46-43-40-37-35-31-29-26-23-20-17-14-11-8-2/h19,22,28,30-31,33-35,37,40,51,54,60-61H,7-18,20-21,23-27,29,32,36,38-39,41-50,52-53,55-59H2,1-6H3,(H-,64,66,68,69)/p+1/b22-19-,30-28-,34-33-,35-31+,40-37+,54-51+. The first-order valence-corrected chi connectivity index (χ1v) is 31.8. The number of esters is 1. The molecule has 0 aromatic rings. The van der Waals surface area contributed by atoms with Crippen LogP contribution in [0.2, 0.25) is 0 Å². The Labute approximate surface area is 451 Å². The van der Waals surface area contributed by atoms with E-state index in [1.165, 1.54) is 135 Å². The van der Waals surface area contributed by atoms with Crippen molar-refractivity contribution in [2.24, 2.45) is 0 Å². The lowest BCUT2D eigenvalue weighted by Gasteiger charge is -2.27. The summed E-state index contributed by atoms with van der Waals surface area (Å²) in [5.41, 5.74) is 0. The topological polar surface area (TPSA) is 111 Å². The maximum Gasteiger partial charge on any atom is 0.472 e. The molecule has 2 N–H and O–H groups in total. The Morgan fingerprint density at radius 1 is 0.493 bits per heavy atom. The number of phosphoric acid groups is 1. The van der Waals surface area contributed by atoms with E-state index in [0.717, 1.165) is 89.9 Å². The number of nitrogens with one attached hydrogen (secondary N) is 1. The molecule has 0 aromatic heterocycles. The van der Waals surface area contributed by atoms with Crippen LogP contribution in [0.3, 0.4) is 0 Å². The number of rotatable bonds is 54. The number of allylic oxidation sites excluding steroid dienone is 11. The number of hydrogen-bond donors (Lipinski definition) is 2. The van der Waals surface area contributed by atoms with Crippen LogP contribution in [0.5, 0.6) is 0 Å². The Morgan fingerprint density at radius 3 is 1.37 bits per heavy atom. The largest absolute Gasteiger partial charge is 0.472 e. The van der Waals surface area contributed by atoms with Crippen LogP contribution in [-0.4, -0.2) is 74.3 Å². The van der Waals surface area contributed by atoms with Crippen LogP contribution in [0.1, 0.15) is 265 Å². The summed E-state index contributed by atoms with van der Waals surface area (Å²) in [5, 5.41) is 3.03. The predicted molar refractivity (Wildman–Crippen MR) is 314 cm³/mol. The van der Waals surface area contributed by atoms with Gasteiger partial charge in [-0.2, -0.15) is 0 Å². The van der Waals surface area contributed by atoms with E-state index in [-0.39, 0.29) is 31.5 Å². The van der Waals surface area contributed by atoms with Gasteiger partial charge in [0.15, 0.2) is 0 Å². The molecule has 424 valence electrons. The molecular weight excluding hydrogens is 928 g/mol. The van der Waals surface area contributed by atoms with Crippen molar-refractivity contribution in [3.05, 3.63) is 72.9 Å². The number of carbonyl (C=O) groups is 2. The molecular formula is C63H116N2O7P+. The first-order chi connectivity index (χ1) is 35.4. The minimum Gasteiger partial charge on any atom is -0.456 e. The third-order valence-corrected chi connectivity index (χ3v) is 14.1. The lowest BCUT2D eigenvalue weighted by atomic mass is 10.0. The molecule has 0 fully saturated rings. The van der Waals surface area contributed by atoms with Crippen molar-refractivity contribution in [2.45, 2.75) is 277 Å². The number of unbranched alkanes of at least 4 members (excludes halogenated alkanes) is 29. The van der Waals surface area contributed by atoms with Gasteiger partial charge in [0.1, 0.15) is 19.3 Å². The molecule has 0 heterocycles. The van der Waals surface area contributed by atoms with Crippen molar-refractivity contribution in [1.29, 1.82) is 0 Å². The fourth-order valence-electron chi connectivity index (χ4n) is 8.41. The molecule has 0 saturated heterocycles. The summed E-state index contributed by atoms with van der Waals surface area (Å²) in [6.07, 6.45) is 67.5. The number of carbonyl (C=O) groups excluding carboxylic acids is 2. The van der Waals surface area contributed by atoms with Gasteiger partial charge in [0.2, 0.25) is 5.91 Å². The number of hydrogen-bond acceptors (Lipinski definition) is 6. The van der Waals surface area contributed by atoms with Gasteiger partial charge >= 0.3 is 13.8 Å². The summed E-state index contributed by atoms with van der Waals surface area (Å²) in [7, 11) is 1.47. The van der Waals surface area contributed by atoms with Crippen molar-refractivity contribution in [3.63, 3.8) is 0 Å². The Hall–Kier alpha value is -2.55. The second-order valence-electron chi connectivity index (χ2n) is 21.5. The second kappa shape index (κ2) is 52.9. The van der Waals surface area contributed by atoms with Gasteiger partial charge in [-0.05, 0) is 96.0 Å². The van der Waals surface area contributed by atoms with Gasteiger partial charge in [-0.25, -0.2) is 4.57 Å². The van der Waals surface area contributed by atoms with E-state index in [2.05, 4.69) is 86.8 Å². The molecule has 0 aliphatic carbocycles. The number of nitrogens with zero attached hydrogens (tertiary/aromatic N) is 1. The molecule has 0 aliphatic heterocycles. The molecule has 3 unspecified atom stereocenters. The Kier molecular flexibility index (Phi) is 51.0. The molecule has 0 spiro atoms. The average molecular weight is 1040 g/mol. The highest BCUT2D eigenvalue weighted by Crippen LogP contribution is 2.43. The first kappa shape index (κ1) is 70.5. The molecule has 0 aromatic carbocycles. The summed E-state index contributed by atoms with van der Waals surface area (Å²) in [5.74, 6) is -0.550. The quantitative estimate of drug-likeness (QED) is 0.0156. The van der Waals surface area contributed by atoms with Gasteiger partial charge < -0.3 is 19.4 Å². The van der Waals surface area contributed by atoms with Gasteiger partial charge in [0.05, 0.1) is 33.8 Å². The summed E-state index contributed by atoms with van der Waals surface area (Å²) < 4.78 is 30.6. The molecule has 9 nitrogen and oxygen atoms in total. The summed E-state index contributed by atoms with van der Waals surface area (Å²) in [6, 6.07) is -0.869. The molecule has 0 bridgehead atoms. The van der Waals surface area contributed by atoms with Crippen LogP contribution in [0.4, 0.5) is 0 Å². The Balaban J connectivity index is 5.36. The smallest absolute Gasteiger partial charge is 0.456 e. The van der Waals surface area contributed by atoms with Crippen LogP contribution < -0.4 is 5.32 Å². The van der Waals surface area contributed by atoms with Crippen LogP contribution in [0.15, 0.2) is 72.9 Å². The molecule has 73 heavy (non-hydrogen) atoms. The van der Waals surface area contributed by atoms with Gasteiger partial charge in [0, 0.05) is 12.8 Å². The van der Waals surface area contributed by atoms with Gasteiger partial charge in [-0.1, -0.05) is 229 Å². The lowest BCUT2D eigenvalue weighted by molar-refractivity contribution is -0.870. The highest BCUT2D eigenvalue weighted by molar-refractivity contribution is 7.47. The summed E-state index contributed by atoms with van der Waals surface area (Å²) in [4.78, 5) is 37.6. The minimum absolute atomic E-state index is 0.0306. The molecule has 3 atom stereocenters. The minimum atomic E-state index is -4.46. The van der Waals surface area contributed by atoms with Gasteiger partial charge in [0.25, 0.3) is 0 Å². The van der Waals surface area contributed by atoms with E-state index >= 15 is 0 Å². The fraction of sp³-hybridized carbons (Fsp3) is 0.778. The van der Waals surface area contributed by atoms with E-state index in [9.17, 15) is 19.0 Å². The van der Waals surface area contributed by atoms with E-state index in [4.69, 9.17) is 13.8 Å². The number of amides is 1. The van der Waals surface area contributed by atoms with E-state index in [0.29, 0.717) is 23.9 Å². The summed E-state index contributed by atoms with van der Waals surface area (Å²) in [6.45, 7) is 6.95. The van der Waals surface area contributed by atoms with E-state index in [1.807, 2.05) is 33.3 Å². The molecule has 0 radical (unpaired) electrons. The molecule has 0 aliphatic rings.